The molecule has 0 aromatic heterocycles. The van der Waals surface area contributed by atoms with Crippen molar-refractivity contribution in [3.63, 3.8) is 0 Å². The van der Waals surface area contributed by atoms with Gasteiger partial charge in [0.15, 0.2) is 11.5 Å². The highest BCUT2D eigenvalue weighted by molar-refractivity contribution is 5.96. The Labute approximate surface area is 164 Å². The number of rotatable bonds is 9. The Morgan fingerprint density at radius 3 is 2.39 bits per heavy atom. The molecule has 7 nitrogen and oxygen atoms in total. The summed E-state index contributed by atoms with van der Waals surface area (Å²) in [7, 11) is 3.12. The van der Waals surface area contributed by atoms with Crippen molar-refractivity contribution in [3.05, 3.63) is 53.6 Å². The van der Waals surface area contributed by atoms with Gasteiger partial charge in [-0.3, -0.25) is 9.59 Å². The maximum absolute atomic E-state index is 12.2. The minimum absolute atomic E-state index is 0.0291. The molecule has 28 heavy (non-hydrogen) atoms. The van der Waals surface area contributed by atoms with Crippen LogP contribution in [0.5, 0.6) is 11.5 Å². The molecule has 0 heterocycles. The van der Waals surface area contributed by atoms with Gasteiger partial charge in [0.2, 0.25) is 5.91 Å². The fraction of sp³-hybridized carbons (Fsp3) is 0.286. The molecule has 0 fully saturated rings. The average Bonchev–Trinajstić information content (AvgIpc) is 2.72. The van der Waals surface area contributed by atoms with Gasteiger partial charge in [-0.2, -0.15) is 5.10 Å². The fourth-order valence-corrected chi connectivity index (χ4v) is 2.43. The molecular formula is C21H25N3O4. The summed E-state index contributed by atoms with van der Waals surface area (Å²) in [6.45, 7) is 2.04. The number of benzene rings is 2. The molecule has 2 aromatic carbocycles. The first kappa shape index (κ1) is 21.0. The summed E-state index contributed by atoms with van der Waals surface area (Å²) in [5.74, 6) is 0.819. The topological polar surface area (TPSA) is 89.0 Å². The molecule has 7 heteroatoms. The van der Waals surface area contributed by atoms with E-state index < -0.39 is 0 Å². The van der Waals surface area contributed by atoms with Gasteiger partial charge in [0, 0.05) is 17.7 Å². The lowest BCUT2D eigenvalue weighted by molar-refractivity contribution is -0.116. The molecule has 0 atom stereocenters. The van der Waals surface area contributed by atoms with Gasteiger partial charge in [0.05, 0.1) is 20.4 Å². The number of nitrogens with one attached hydrogen (secondary N) is 2. The number of carbonyl (C=O) groups excluding carboxylic acids is 2. The number of methoxy groups -OCH3 is 2. The smallest absolute Gasteiger partial charge is 0.271 e. The van der Waals surface area contributed by atoms with E-state index in [2.05, 4.69) is 15.8 Å². The summed E-state index contributed by atoms with van der Waals surface area (Å²) in [5, 5.41) is 6.77. The van der Waals surface area contributed by atoms with Crippen molar-refractivity contribution in [2.45, 2.75) is 26.2 Å². The molecule has 0 aliphatic carbocycles. The predicted octanol–water partition coefficient (Wildman–Crippen LogP) is 3.60. The van der Waals surface area contributed by atoms with Gasteiger partial charge in [-0.05, 0) is 54.4 Å². The molecule has 148 valence electrons. The number of unbranched alkanes of at least 4 members (excludes halogenated alkanes) is 1. The highest BCUT2D eigenvalue weighted by Gasteiger charge is 2.06. The Bertz CT molecular complexity index is 832. The van der Waals surface area contributed by atoms with Gasteiger partial charge in [0.25, 0.3) is 5.91 Å². The Balaban J connectivity index is 1.92. The van der Waals surface area contributed by atoms with Crippen molar-refractivity contribution in [1.82, 2.24) is 5.43 Å². The molecule has 0 bridgehead atoms. The first-order valence-electron chi connectivity index (χ1n) is 9.02. The molecule has 2 rings (SSSR count). The van der Waals surface area contributed by atoms with E-state index in [1.165, 1.54) is 6.21 Å². The standard InChI is InChI=1S/C21H25N3O4/c1-4-5-6-20(25)23-17-10-8-16(9-11-17)21(26)24-22-14-15-7-12-18(27-2)19(13-15)28-3/h7-14H,4-6H2,1-3H3,(H,23,25)(H,24,26)/b22-14+. The van der Waals surface area contributed by atoms with Gasteiger partial charge in [-0.15, -0.1) is 0 Å². The third kappa shape index (κ3) is 6.12. The van der Waals surface area contributed by atoms with Crippen LogP contribution in [0.3, 0.4) is 0 Å². The third-order valence-corrected chi connectivity index (χ3v) is 3.98. The molecule has 0 unspecified atom stereocenters. The van der Waals surface area contributed by atoms with E-state index in [0.717, 1.165) is 18.4 Å². The van der Waals surface area contributed by atoms with Crippen molar-refractivity contribution in [3.8, 4) is 11.5 Å². The summed E-state index contributed by atoms with van der Waals surface area (Å²) in [6, 6.07) is 12.0. The number of amides is 2. The Hall–Kier alpha value is -3.35. The molecule has 2 N–H and O–H groups in total. The van der Waals surface area contributed by atoms with Crippen LogP contribution >= 0.6 is 0 Å². The lowest BCUT2D eigenvalue weighted by Gasteiger charge is -2.07. The Morgan fingerprint density at radius 1 is 1.04 bits per heavy atom. The van der Waals surface area contributed by atoms with Gasteiger partial charge < -0.3 is 14.8 Å². The molecular weight excluding hydrogens is 358 g/mol. The number of carbonyl (C=O) groups is 2. The third-order valence-electron chi connectivity index (χ3n) is 3.98. The SMILES string of the molecule is CCCCC(=O)Nc1ccc(C(=O)N/N=C/c2ccc(OC)c(OC)c2)cc1. The van der Waals surface area contributed by atoms with E-state index in [-0.39, 0.29) is 11.8 Å². The summed E-state index contributed by atoms with van der Waals surface area (Å²) in [4.78, 5) is 23.9. The normalized spacial score (nSPS) is 10.5. The monoisotopic (exact) mass is 383 g/mol. The largest absolute Gasteiger partial charge is 0.493 e. The van der Waals surface area contributed by atoms with Crippen LogP contribution in [0.25, 0.3) is 0 Å². The van der Waals surface area contributed by atoms with Crippen LogP contribution in [-0.2, 0) is 4.79 Å². The van der Waals surface area contributed by atoms with Crippen molar-refractivity contribution in [2.75, 3.05) is 19.5 Å². The number of hydrogen-bond acceptors (Lipinski definition) is 5. The van der Waals surface area contributed by atoms with Gasteiger partial charge in [0.1, 0.15) is 0 Å². The minimum atomic E-state index is -0.347. The van der Waals surface area contributed by atoms with E-state index in [9.17, 15) is 9.59 Å². The van der Waals surface area contributed by atoms with Crippen LogP contribution in [0, 0.1) is 0 Å². The van der Waals surface area contributed by atoms with Crippen LogP contribution in [0.15, 0.2) is 47.6 Å². The molecule has 0 saturated carbocycles. The fourth-order valence-electron chi connectivity index (χ4n) is 2.43. The summed E-state index contributed by atoms with van der Waals surface area (Å²) < 4.78 is 10.4. The molecule has 0 saturated heterocycles. The average molecular weight is 383 g/mol. The van der Waals surface area contributed by atoms with Crippen LogP contribution in [0.4, 0.5) is 5.69 Å². The first-order valence-corrected chi connectivity index (χ1v) is 9.02. The van der Waals surface area contributed by atoms with Crippen LogP contribution in [-0.4, -0.2) is 32.2 Å². The molecule has 0 aliphatic heterocycles. The van der Waals surface area contributed by atoms with Crippen molar-refractivity contribution < 1.29 is 19.1 Å². The van der Waals surface area contributed by atoms with E-state index >= 15 is 0 Å². The zero-order valence-corrected chi connectivity index (χ0v) is 16.3. The lowest BCUT2D eigenvalue weighted by atomic mass is 10.2. The Kier molecular flexibility index (Phi) is 8.02. The zero-order valence-electron chi connectivity index (χ0n) is 16.3. The highest BCUT2D eigenvalue weighted by atomic mass is 16.5. The molecule has 2 amide bonds. The summed E-state index contributed by atoms with van der Waals surface area (Å²) in [5.41, 5.74) is 4.33. The quantitative estimate of drug-likeness (QED) is 0.511. The number of hydrogen-bond donors (Lipinski definition) is 2. The number of ether oxygens (including phenoxy) is 2. The summed E-state index contributed by atoms with van der Waals surface area (Å²) >= 11 is 0. The second-order valence-electron chi connectivity index (χ2n) is 6.04. The molecule has 0 radical (unpaired) electrons. The van der Waals surface area contributed by atoms with E-state index in [4.69, 9.17) is 9.47 Å². The number of nitrogens with zero attached hydrogens (tertiary/aromatic N) is 1. The van der Waals surface area contributed by atoms with Gasteiger partial charge in [-0.1, -0.05) is 13.3 Å². The Morgan fingerprint density at radius 2 is 1.75 bits per heavy atom. The summed E-state index contributed by atoms with van der Waals surface area (Å²) in [6.07, 6.45) is 3.83. The van der Waals surface area contributed by atoms with E-state index in [0.29, 0.717) is 29.2 Å². The van der Waals surface area contributed by atoms with Crippen molar-refractivity contribution in [1.29, 1.82) is 0 Å². The van der Waals surface area contributed by atoms with E-state index in [1.54, 1.807) is 56.7 Å². The first-order chi connectivity index (χ1) is 13.6. The minimum Gasteiger partial charge on any atom is -0.493 e. The zero-order chi connectivity index (χ0) is 20.4. The number of hydrazone groups is 1. The van der Waals surface area contributed by atoms with Gasteiger partial charge >= 0.3 is 0 Å². The molecule has 2 aromatic rings. The number of anilines is 1. The van der Waals surface area contributed by atoms with Crippen LogP contribution in [0.2, 0.25) is 0 Å². The van der Waals surface area contributed by atoms with Gasteiger partial charge in [-0.25, -0.2) is 5.43 Å². The van der Waals surface area contributed by atoms with Crippen LogP contribution in [0.1, 0.15) is 42.1 Å². The lowest BCUT2D eigenvalue weighted by Crippen LogP contribution is -2.17. The molecule has 0 spiro atoms. The maximum atomic E-state index is 12.2. The highest BCUT2D eigenvalue weighted by Crippen LogP contribution is 2.26. The maximum Gasteiger partial charge on any atom is 0.271 e. The second-order valence-corrected chi connectivity index (χ2v) is 6.04. The van der Waals surface area contributed by atoms with Crippen LogP contribution < -0.4 is 20.2 Å². The van der Waals surface area contributed by atoms with Crippen molar-refractivity contribution in [2.24, 2.45) is 5.10 Å². The molecule has 0 aliphatic rings. The predicted molar refractivity (Wildman–Crippen MR) is 109 cm³/mol. The second kappa shape index (κ2) is 10.7. The van der Waals surface area contributed by atoms with Crippen molar-refractivity contribution >= 4 is 23.7 Å². The van der Waals surface area contributed by atoms with E-state index in [1.807, 2.05) is 6.92 Å².